The number of thioether (sulfide) groups is 1. The molecule has 5 nitrogen and oxygen atoms in total. The third-order valence-electron chi connectivity index (χ3n) is 2.42. The molecule has 0 spiro atoms. The fourth-order valence-electron chi connectivity index (χ4n) is 1.45. The molecule has 0 amide bonds. The minimum Gasteiger partial charge on any atom is -0.497 e. The lowest BCUT2D eigenvalue weighted by atomic mass is 10.1. The molecule has 1 unspecified atom stereocenters. The molecule has 1 atom stereocenters. The van der Waals surface area contributed by atoms with Gasteiger partial charge in [0.2, 0.25) is 5.89 Å². The molecule has 0 radical (unpaired) electrons. The smallest absolute Gasteiger partial charge is 0.277 e. The Balaban J connectivity index is 2.01. The molecule has 1 heterocycles. The Labute approximate surface area is 115 Å². The lowest BCUT2D eigenvalue weighted by molar-refractivity contribution is 0.413. The van der Waals surface area contributed by atoms with Crippen molar-refractivity contribution in [3.8, 4) is 11.8 Å². The quantitative estimate of drug-likeness (QED) is 0.781. The van der Waals surface area contributed by atoms with Gasteiger partial charge in [-0.05, 0) is 36.4 Å². The second-order valence-electron chi connectivity index (χ2n) is 3.88. The van der Waals surface area contributed by atoms with Gasteiger partial charge in [0.25, 0.3) is 5.22 Å². The van der Waals surface area contributed by atoms with Gasteiger partial charge in [0, 0.05) is 0 Å². The van der Waals surface area contributed by atoms with Crippen LogP contribution >= 0.6 is 11.8 Å². The van der Waals surface area contributed by atoms with Crippen LogP contribution in [0.15, 0.2) is 33.9 Å². The van der Waals surface area contributed by atoms with Crippen LogP contribution < -0.4 is 4.74 Å². The van der Waals surface area contributed by atoms with Crippen LogP contribution in [0.4, 0.5) is 0 Å². The Kier molecular flexibility index (Phi) is 4.42. The van der Waals surface area contributed by atoms with E-state index < -0.39 is 0 Å². The average Bonchev–Trinajstić information content (AvgIpc) is 2.86. The highest BCUT2D eigenvalue weighted by Gasteiger charge is 2.11. The molecule has 6 heteroatoms. The highest BCUT2D eigenvalue weighted by atomic mass is 32.2. The minimum atomic E-state index is -0.200. The van der Waals surface area contributed by atoms with Crippen LogP contribution in [0, 0.1) is 11.3 Å². The summed E-state index contributed by atoms with van der Waals surface area (Å²) in [6.07, 6.45) is 0.568. The van der Waals surface area contributed by atoms with Crippen molar-refractivity contribution in [1.29, 1.82) is 5.26 Å². The molecule has 98 valence electrons. The second kappa shape index (κ2) is 6.25. The molecule has 19 heavy (non-hydrogen) atoms. The lowest BCUT2D eigenvalue weighted by Gasteiger charge is -2.00. The first-order chi connectivity index (χ1) is 9.21. The summed E-state index contributed by atoms with van der Waals surface area (Å²) in [6.45, 7) is 1.79. The van der Waals surface area contributed by atoms with Crippen molar-refractivity contribution in [2.75, 3.05) is 7.11 Å². The molecule has 0 saturated heterocycles. The first-order valence-corrected chi connectivity index (χ1v) is 6.61. The van der Waals surface area contributed by atoms with Gasteiger partial charge in [-0.2, -0.15) is 5.26 Å². The van der Waals surface area contributed by atoms with E-state index in [1.807, 2.05) is 24.3 Å². The number of rotatable bonds is 5. The van der Waals surface area contributed by atoms with E-state index in [4.69, 9.17) is 14.4 Å². The maximum atomic E-state index is 8.71. The van der Waals surface area contributed by atoms with E-state index >= 15 is 0 Å². The number of aromatic nitrogens is 2. The van der Waals surface area contributed by atoms with Crippen molar-refractivity contribution in [2.24, 2.45) is 0 Å². The van der Waals surface area contributed by atoms with Crippen molar-refractivity contribution < 1.29 is 9.15 Å². The Hall–Kier alpha value is -2.00. The zero-order valence-electron chi connectivity index (χ0n) is 10.7. The number of hydrogen-bond donors (Lipinski definition) is 0. The number of nitrogens with zero attached hydrogens (tertiary/aromatic N) is 3. The number of nitriles is 1. The predicted molar refractivity (Wildman–Crippen MR) is 71.0 cm³/mol. The van der Waals surface area contributed by atoms with Crippen LogP contribution in [-0.4, -0.2) is 22.6 Å². The molecule has 0 fully saturated rings. The van der Waals surface area contributed by atoms with Crippen molar-refractivity contribution >= 4 is 11.8 Å². The Bertz CT molecular complexity index is 574. The second-order valence-corrected chi connectivity index (χ2v) is 5.17. The minimum absolute atomic E-state index is 0.200. The molecular weight excluding hydrogens is 262 g/mol. The highest BCUT2D eigenvalue weighted by molar-refractivity contribution is 7.99. The van der Waals surface area contributed by atoms with Gasteiger partial charge in [-0.15, -0.1) is 10.2 Å². The predicted octanol–water partition coefficient (Wildman–Crippen LogP) is 2.67. The van der Waals surface area contributed by atoms with E-state index in [1.165, 1.54) is 11.8 Å². The summed E-state index contributed by atoms with van der Waals surface area (Å²) in [6, 6.07) is 9.79. The van der Waals surface area contributed by atoms with Gasteiger partial charge < -0.3 is 9.15 Å². The summed E-state index contributed by atoms with van der Waals surface area (Å²) in [5.74, 6) is 1.35. The van der Waals surface area contributed by atoms with Crippen LogP contribution in [0.25, 0.3) is 0 Å². The summed E-state index contributed by atoms with van der Waals surface area (Å²) in [7, 11) is 1.63. The lowest BCUT2D eigenvalue weighted by Crippen LogP contribution is -1.89. The van der Waals surface area contributed by atoms with Crippen LogP contribution in [0.3, 0.4) is 0 Å². The monoisotopic (exact) mass is 275 g/mol. The molecule has 0 aliphatic rings. The van der Waals surface area contributed by atoms with E-state index in [2.05, 4.69) is 16.3 Å². The molecule has 1 aromatic heterocycles. The molecule has 2 rings (SSSR count). The molecule has 0 aliphatic heterocycles. The van der Waals surface area contributed by atoms with Crippen LogP contribution in [0.5, 0.6) is 5.75 Å². The third-order valence-corrected chi connectivity index (χ3v) is 3.25. The maximum Gasteiger partial charge on any atom is 0.277 e. The van der Waals surface area contributed by atoms with Gasteiger partial charge in [-0.3, -0.25) is 0 Å². The van der Waals surface area contributed by atoms with Crippen molar-refractivity contribution in [3.05, 3.63) is 35.7 Å². The zero-order chi connectivity index (χ0) is 13.7. The van der Waals surface area contributed by atoms with Gasteiger partial charge in [-0.1, -0.05) is 12.1 Å². The maximum absolute atomic E-state index is 8.71. The molecule has 1 aromatic carbocycles. The van der Waals surface area contributed by atoms with Crippen LogP contribution in [-0.2, 0) is 6.42 Å². The van der Waals surface area contributed by atoms with E-state index in [9.17, 15) is 0 Å². The van der Waals surface area contributed by atoms with Crippen LogP contribution in [0.1, 0.15) is 18.4 Å². The average molecular weight is 275 g/mol. The van der Waals surface area contributed by atoms with Crippen LogP contribution in [0.2, 0.25) is 0 Å². The molecule has 2 aromatic rings. The Morgan fingerprint density at radius 3 is 2.74 bits per heavy atom. The highest BCUT2D eigenvalue weighted by Crippen LogP contribution is 2.22. The summed E-state index contributed by atoms with van der Waals surface area (Å²) in [5, 5.41) is 16.8. The Morgan fingerprint density at radius 2 is 2.11 bits per heavy atom. The number of benzene rings is 1. The number of ether oxygens (including phenoxy) is 1. The normalized spacial score (nSPS) is 11.8. The van der Waals surface area contributed by atoms with Gasteiger partial charge in [0.1, 0.15) is 5.75 Å². The fourth-order valence-corrected chi connectivity index (χ4v) is 2.04. The molecule has 0 bridgehead atoms. The van der Waals surface area contributed by atoms with E-state index in [-0.39, 0.29) is 5.25 Å². The van der Waals surface area contributed by atoms with Gasteiger partial charge in [0.15, 0.2) is 0 Å². The summed E-state index contributed by atoms with van der Waals surface area (Å²) < 4.78 is 10.6. The molecule has 0 aliphatic carbocycles. The molecular formula is C13H13N3O2S. The third kappa shape index (κ3) is 3.73. The number of methoxy groups -OCH3 is 1. The van der Waals surface area contributed by atoms with E-state index in [0.29, 0.717) is 17.5 Å². The Morgan fingerprint density at radius 1 is 1.37 bits per heavy atom. The van der Waals surface area contributed by atoms with E-state index in [1.54, 1.807) is 14.0 Å². The number of hydrogen-bond acceptors (Lipinski definition) is 6. The first kappa shape index (κ1) is 13.4. The van der Waals surface area contributed by atoms with Crippen molar-refractivity contribution in [1.82, 2.24) is 10.2 Å². The fraction of sp³-hybridized carbons (Fsp3) is 0.308. The van der Waals surface area contributed by atoms with Gasteiger partial charge >= 0.3 is 0 Å². The SMILES string of the molecule is COc1ccc(Cc2nnc(SC(C)C#N)o2)cc1. The summed E-state index contributed by atoms with van der Waals surface area (Å²) in [4.78, 5) is 0. The standard InChI is InChI=1S/C13H13N3O2S/c1-9(8-14)19-13-16-15-12(18-13)7-10-3-5-11(17-2)6-4-10/h3-6,9H,7H2,1-2H3. The van der Waals surface area contributed by atoms with Crippen molar-refractivity contribution in [3.63, 3.8) is 0 Å². The van der Waals surface area contributed by atoms with Crippen molar-refractivity contribution in [2.45, 2.75) is 23.8 Å². The molecule has 0 saturated carbocycles. The zero-order valence-corrected chi connectivity index (χ0v) is 11.5. The van der Waals surface area contributed by atoms with Gasteiger partial charge in [-0.25, -0.2) is 0 Å². The topological polar surface area (TPSA) is 71.9 Å². The van der Waals surface area contributed by atoms with Gasteiger partial charge in [0.05, 0.1) is 24.8 Å². The largest absolute Gasteiger partial charge is 0.497 e. The summed E-state index contributed by atoms with van der Waals surface area (Å²) in [5.41, 5.74) is 1.06. The van der Waals surface area contributed by atoms with E-state index in [0.717, 1.165) is 11.3 Å². The first-order valence-electron chi connectivity index (χ1n) is 5.73. The molecule has 0 N–H and O–H groups in total. The summed E-state index contributed by atoms with van der Waals surface area (Å²) >= 11 is 1.26.